The molecule has 2 amide bonds. The van der Waals surface area contributed by atoms with Crippen LogP contribution in [-0.4, -0.2) is 92.6 Å². The van der Waals surface area contributed by atoms with Gasteiger partial charge in [0.25, 0.3) is 5.91 Å². The highest BCUT2D eigenvalue weighted by molar-refractivity contribution is 6.01. The molecule has 2 aromatic rings. The van der Waals surface area contributed by atoms with Crippen molar-refractivity contribution in [1.82, 2.24) is 20.0 Å². The molecule has 0 saturated carbocycles. The molecule has 1 N–H and O–H groups in total. The predicted octanol–water partition coefficient (Wildman–Crippen LogP) is 3.07. The Labute approximate surface area is 225 Å². The van der Waals surface area contributed by atoms with Gasteiger partial charge in [0.05, 0.1) is 25.2 Å². The van der Waals surface area contributed by atoms with Crippen LogP contribution in [0.25, 0.3) is 0 Å². The van der Waals surface area contributed by atoms with Gasteiger partial charge in [-0.1, -0.05) is 18.2 Å². The molecule has 0 aliphatic carbocycles. The van der Waals surface area contributed by atoms with Crippen LogP contribution in [0.2, 0.25) is 0 Å². The van der Waals surface area contributed by atoms with Gasteiger partial charge in [-0.15, -0.1) is 0 Å². The number of benzene rings is 2. The Morgan fingerprint density at radius 3 is 2.42 bits per heavy atom. The third kappa shape index (κ3) is 5.24. The van der Waals surface area contributed by atoms with E-state index in [1.807, 2.05) is 55.1 Å². The molecular weight excluding hydrogens is 480 g/mol. The Bertz CT molecular complexity index is 1160. The summed E-state index contributed by atoms with van der Waals surface area (Å²) in [5.74, 6) is 0.848. The second-order valence-electron chi connectivity index (χ2n) is 10.4. The minimum absolute atomic E-state index is 0.0118. The quantitative estimate of drug-likeness (QED) is 0.513. The number of hydrogen-bond acceptors (Lipinski definition) is 6. The lowest BCUT2D eigenvalue weighted by Gasteiger charge is -2.45. The number of nitrogens with zero attached hydrogens (tertiary/aromatic N) is 3. The van der Waals surface area contributed by atoms with Crippen molar-refractivity contribution in [3.63, 3.8) is 0 Å². The largest absolute Gasteiger partial charge is 0.490 e. The van der Waals surface area contributed by atoms with Gasteiger partial charge in [0.2, 0.25) is 5.91 Å². The van der Waals surface area contributed by atoms with E-state index in [-0.39, 0.29) is 17.9 Å². The van der Waals surface area contributed by atoms with Crippen LogP contribution in [0, 0.1) is 0 Å². The van der Waals surface area contributed by atoms with E-state index in [4.69, 9.17) is 9.47 Å². The summed E-state index contributed by atoms with van der Waals surface area (Å²) in [6.07, 6.45) is 1.62. The zero-order valence-corrected chi connectivity index (χ0v) is 22.9. The van der Waals surface area contributed by atoms with E-state index in [2.05, 4.69) is 22.2 Å². The number of piperazine rings is 1. The van der Waals surface area contributed by atoms with E-state index in [1.165, 1.54) is 0 Å². The number of amides is 2. The second-order valence-corrected chi connectivity index (χ2v) is 10.4. The minimum atomic E-state index is -0.487. The van der Waals surface area contributed by atoms with E-state index in [0.717, 1.165) is 55.8 Å². The summed E-state index contributed by atoms with van der Waals surface area (Å²) < 4.78 is 11.8. The van der Waals surface area contributed by atoms with Crippen molar-refractivity contribution in [2.45, 2.75) is 38.6 Å². The Kier molecular flexibility index (Phi) is 8.19. The summed E-state index contributed by atoms with van der Waals surface area (Å²) in [6.45, 7) is 11.4. The van der Waals surface area contributed by atoms with Gasteiger partial charge in [-0.3, -0.25) is 9.59 Å². The van der Waals surface area contributed by atoms with Crippen LogP contribution < -0.4 is 14.8 Å². The van der Waals surface area contributed by atoms with Gasteiger partial charge < -0.3 is 29.5 Å². The van der Waals surface area contributed by atoms with Crippen molar-refractivity contribution in [2.75, 3.05) is 66.1 Å². The molecule has 3 heterocycles. The normalized spacial score (nSPS) is 21.3. The summed E-state index contributed by atoms with van der Waals surface area (Å²) in [7, 11) is 2.16. The van der Waals surface area contributed by atoms with Gasteiger partial charge >= 0.3 is 0 Å². The molecule has 2 atom stereocenters. The molecule has 0 unspecified atom stereocenters. The molecule has 8 nitrogen and oxygen atoms in total. The summed E-state index contributed by atoms with van der Waals surface area (Å²) >= 11 is 0. The lowest BCUT2D eigenvalue weighted by molar-refractivity contribution is -0.124. The van der Waals surface area contributed by atoms with Gasteiger partial charge in [-0.2, -0.15) is 0 Å². The monoisotopic (exact) mass is 520 g/mol. The first-order chi connectivity index (χ1) is 18.5. The van der Waals surface area contributed by atoms with E-state index in [1.54, 1.807) is 0 Å². The summed E-state index contributed by atoms with van der Waals surface area (Å²) in [4.78, 5) is 34.2. The number of ether oxygens (including phenoxy) is 2. The molecule has 0 bridgehead atoms. The topological polar surface area (TPSA) is 74.4 Å². The molecule has 0 radical (unpaired) electrons. The van der Waals surface area contributed by atoms with Gasteiger partial charge in [-0.25, -0.2) is 0 Å². The molecule has 5 rings (SSSR count). The van der Waals surface area contributed by atoms with Crippen LogP contribution in [0.15, 0.2) is 36.4 Å². The van der Waals surface area contributed by atoms with Crippen molar-refractivity contribution >= 4 is 11.8 Å². The highest BCUT2D eigenvalue weighted by atomic mass is 16.5. The lowest BCUT2D eigenvalue weighted by Crippen LogP contribution is -2.50. The zero-order chi connectivity index (χ0) is 26.6. The number of carbonyl (C=O) groups excluding carboxylic acids is 2. The molecular formula is C30H40N4O4. The van der Waals surface area contributed by atoms with Crippen molar-refractivity contribution in [1.29, 1.82) is 0 Å². The average molecular weight is 521 g/mol. The molecule has 2 aromatic carbocycles. The maximum Gasteiger partial charge on any atom is 0.254 e. The van der Waals surface area contributed by atoms with E-state index in [9.17, 15) is 9.59 Å². The van der Waals surface area contributed by atoms with Crippen LogP contribution in [0.1, 0.15) is 59.3 Å². The molecule has 8 heteroatoms. The van der Waals surface area contributed by atoms with Crippen molar-refractivity contribution in [3.8, 4) is 11.5 Å². The van der Waals surface area contributed by atoms with Gasteiger partial charge in [0.15, 0.2) is 11.5 Å². The number of likely N-dealkylation sites (N-methyl/N-ethyl adjacent to an activating group) is 1. The summed E-state index contributed by atoms with van der Waals surface area (Å²) in [6, 6.07) is 11.2. The molecule has 1 fully saturated rings. The smallest absolute Gasteiger partial charge is 0.254 e. The van der Waals surface area contributed by atoms with Crippen molar-refractivity contribution in [2.24, 2.45) is 0 Å². The third-order valence-electron chi connectivity index (χ3n) is 8.01. The molecule has 38 heavy (non-hydrogen) atoms. The Hall–Kier alpha value is -3.10. The molecule has 3 aliphatic rings. The van der Waals surface area contributed by atoms with Crippen LogP contribution in [0.3, 0.4) is 0 Å². The number of nitrogens with one attached hydrogen (secondary N) is 1. The van der Waals surface area contributed by atoms with Gasteiger partial charge in [0, 0.05) is 44.8 Å². The second kappa shape index (κ2) is 11.7. The highest BCUT2D eigenvalue weighted by Gasteiger charge is 2.46. The summed E-state index contributed by atoms with van der Waals surface area (Å²) in [5, 5.41) is 3.22. The number of rotatable bonds is 9. The maximum atomic E-state index is 13.9. The fourth-order valence-electron chi connectivity index (χ4n) is 6.05. The Balaban J connectivity index is 1.42. The molecule has 0 aromatic heterocycles. The van der Waals surface area contributed by atoms with Crippen LogP contribution in [0.4, 0.5) is 0 Å². The lowest BCUT2D eigenvalue weighted by atomic mass is 9.75. The van der Waals surface area contributed by atoms with Gasteiger partial charge in [0.1, 0.15) is 0 Å². The van der Waals surface area contributed by atoms with E-state index >= 15 is 0 Å². The third-order valence-corrected chi connectivity index (χ3v) is 8.01. The minimum Gasteiger partial charge on any atom is -0.490 e. The van der Waals surface area contributed by atoms with Crippen LogP contribution in [0.5, 0.6) is 11.5 Å². The number of fused-ring (bicyclic) bond motifs is 4. The van der Waals surface area contributed by atoms with E-state index < -0.39 is 5.92 Å². The summed E-state index contributed by atoms with van der Waals surface area (Å²) in [5.41, 5.74) is 3.51. The van der Waals surface area contributed by atoms with Crippen molar-refractivity contribution < 1.29 is 19.1 Å². The fourth-order valence-corrected chi connectivity index (χ4v) is 6.05. The first kappa shape index (κ1) is 26.5. The van der Waals surface area contributed by atoms with Crippen molar-refractivity contribution in [3.05, 3.63) is 58.7 Å². The maximum absolute atomic E-state index is 13.9. The molecule has 0 spiro atoms. The Morgan fingerprint density at radius 2 is 1.68 bits per heavy atom. The molecule has 1 saturated heterocycles. The fraction of sp³-hybridized carbons (Fsp3) is 0.533. The first-order valence-electron chi connectivity index (χ1n) is 14.0. The number of carbonyl (C=O) groups is 2. The van der Waals surface area contributed by atoms with Crippen LogP contribution in [-0.2, 0) is 11.2 Å². The molecule has 3 aliphatic heterocycles. The average Bonchev–Trinajstić information content (AvgIpc) is 2.93. The predicted molar refractivity (Wildman–Crippen MR) is 147 cm³/mol. The van der Waals surface area contributed by atoms with Crippen LogP contribution >= 0.6 is 0 Å². The van der Waals surface area contributed by atoms with Gasteiger partial charge in [-0.05, 0) is 75.2 Å². The molecule has 204 valence electrons. The Morgan fingerprint density at radius 1 is 0.974 bits per heavy atom. The first-order valence-corrected chi connectivity index (χ1v) is 14.0. The zero-order valence-electron chi connectivity index (χ0n) is 22.9. The standard InChI is InChI=1S/C30H40N4O4/c1-4-37-25-19-21-11-14-34-28(24(21)20-26(25)38-5-2)27(22-9-6-7-10-23(22)30(34)36)29(35)31-12-8-13-33-17-15-32(3)16-18-33/h6-7,9-10,19-20,27-28H,4-5,8,11-18H2,1-3H3,(H,31,35)/t27-,28+/m0/s1. The van der Waals surface area contributed by atoms with E-state index in [0.29, 0.717) is 49.8 Å². The SMILES string of the molecule is CCOc1cc2c(cc1OCC)[C@@H]1[C@@H](C(=O)NCCCN3CCN(C)CC3)c3ccccc3C(=O)N1CC2. The highest BCUT2D eigenvalue weighted by Crippen LogP contribution is 2.48. The number of hydrogen-bond donors (Lipinski definition) is 1.